The van der Waals surface area contributed by atoms with Crippen LogP contribution in [0.4, 0.5) is 5.69 Å². The highest BCUT2D eigenvalue weighted by Gasteiger charge is 2.37. The Morgan fingerprint density at radius 1 is 1.09 bits per heavy atom. The van der Waals surface area contributed by atoms with Gasteiger partial charge < -0.3 is 29.4 Å². The van der Waals surface area contributed by atoms with Crippen molar-refractivity contribution in [1.29, 1.82) is 0 Å². The number of fused-ring (bicyclic) bond motifs is 1. The number of carbonyl (C=O) groups is 2. The molecule has 0 bridgehead atoms. The highest BCUT2D eigenvalue weighted by atomic mass is 16.5. The number of hydrogen-bond acceptors (Lipinski definition) is 7. The number of esters is 1. The predicted octanol–water partition coefficient (Wildman–Crippen LogP) is 3.01. The molecule has 0 aromatic heterocycles. The molecule has 33 heavy (non-hydrogen) atoms. The van der Waals surface area contributed by atoms with E-state index >= 15 is 0 Å². The first kappa shape index (κ1) is 23.8. The second-order valence-electron chi connectivity index (χ2n) is 7.36. The monoisotopic (exact) mass is 453 g/mol. The maximum absolute atomic E-state index is 13.0. The van der Waals surface area contributed by atoms with Crippen LogP contribution in [-0.4, -0.2) is 56.7 Å². The van der Waals surface area contributed by atoms with Crippen molar-refractivity contribution in [3.05, 3.63) is 53.1 Å². The number of benzene rings is 2. The first-order valence-electron chi connectivity index (χ1n) is 10.5. The standard InChI is InChI=1S/C24H27N3O6/c1-5-33-24(29)23(26-25)20(28)14-19-18-13-22(32-4)21(31-3)11-15(18)9-10-27(19)16-7-6-8-17(12-16)30-2/h6-8,11-13,19H,5,9-10,14H2,1-4H3. The Balaban J connectivity index is 2.07. The van der Waals surface area contributed by atoms with Gasteiger partial charge in [-0.05, 0) is 48.7 Å². The number of anilines is 1. The molecule has 9 nitrogen and oxygen atoms in total. The van der Waals surface area contributed by atoms with E-state index in [4.69, 9.17) is 18.9 Å². The number of methoxy groups -OCH3 is 3. The Hall–Kier alpha value is -3.84. The first-order chi connectivity index (χ1) is 16.0. The molecule has 1 heterocycles. The summed E-state index contributed by atoms with van der Waals surface area (Å²) in [5, 5.41) is 0. The molecule has 0 amide bonds. The van der Waals surface area contributed by atoms with Gasteiger partial charge in [-0.15, -0.1) is 0 Å². The number of hydrogen-bond donors (Lipinski definition) is 0. The van der Waals surface area contributed by atoms with E-state index in [-0.39, 0.29) is 13.0 Å². The lowest BCUT2D eigenvalue weighted by Gasteiger charge is -2.39. The van der Waals surface area contributed by atoms with E-state index < -0.39 is 23.5 Å². The molecule has 9 heteroatoms. The topological polar surface area (TPSA) is 111 Å². The van der Waals surface area contributed by atoms with Gasteiger partial charge in [-0.25, -0.2) is 4.79 Å². The fraction of sp³-hybridized carbons (Fsp3) is 0.375. The van der Waals surface area contributed by atoms with Gasteiger partial charge in [0.25, 0.3) is 5.78 Å². The minimum atomic E-state index is -0.957. The van der Waals surface area contributed by atoms with E-state index in [9.17, 15) is 15.1 Å². The summed E-state index contributed by atoms with van der Waals surface area (Å²) in [5.74, 6) is 0.223. The number of Topliss-reactive ketones (excluding diaryl/α,β-unsaturated/α-hetero) is 1. The molecule has 0 aliphatic carbocycles. The molecule has 0 radical (unpaired) electrons. The predicted molar refractivity (Wildman–Crippen MR) is 121 cm³/mol. The molecule has 174 valence electrons. The van der Waals surface area contributed by atoms with Gasteiger partial charge in [0.1, 0.15) is 5.75 Å². The summed E-state index contributed by atoms with van der Waals surface area (Å²) >= 11 is 0. The van der Waals surface area contributed by atoms with Crippen molar-refractivity contribution in [3.8, 4) is 17.2 Å². The van der Waals surface area contributed by atoms with E-state index in [1.807, 2.05) is 36.4 Å². The van der Waals surface area contributed by atoms with Crippen molar-refractivity contribution in [2.75, 3.05) is 39.4 Å². The van der Waals surface area contributed by atoms with Crippen molar-refractivity contribution in [1.82, 2.24) is 0 Å². The zero-order valence-electron chi connectivity index (χ0n) is 19.2. The quantitative estimate of drug-likeness (QED) is 0.189. The van der Waals surface area contributed by atoms with Crippen molar-refractivity contribution in [2.45, 2.75) is 25.8 Å². The Bertz CT molecular complexity index is 1090. The normalized spacial score (nSPS) is 14.5. The Kier molecular flexibility index (Phi) is 7.69. The van der Waals surface area contributed by atoms with Crippen molar-refractivity contribution >= 4 is 23.2 Å². The Morgan fingerprint density at radius 3 is 2.45 bits per heavy atom. The molecule has 3 rings (SSSR count). The lowest BCUT2D eigenvalue weighted by molar-refractivity contribution is -0.141. The molecule has 0 saturated heterocycles. The third-order valence-corrected chi connectivity index (χ3v) is 5.60. The van der Waals surface area contributed by atoms with E-state index in [2.05, 4.69) is 9.69 Å². The van der Waals surface area contributed by atoms with E-state index in [1.54, 1.807) is 28.3 Å². The van der Waals surface area contributed by atoms with Crippen LogP contribution in [0.2, 0.25) is 0 Å². The minimum absolute atomic E-state index is 0.0598. The molecule has 1 atom stereocenters. The third-order valence-electron chi connectivity index (χ3n) is 5.60. The Labute approximate surface area is 192 Å². The molecule has 0 saturated carbocycles. The van der Waals surface area contributed by atoms with Gasteiger partial charge in [-0.1, -0.05) is 6.07 Å². The zero-order chi connectivity index (χ0) is 24.0. The van der Waals surface area contributed by atoms with Crippen LogP contribution in [0.1, 0.15) is 30.5 Å². The molecule has 0 N–H and O–H groups in total. The molecule has 1 unspecified atom stereocenters. The van der Waals surface area contributed by atoms with Gasteiger partial charge in [0.2, 0.25) is 0 Å². The highest BCUT2D eigenvalue weighted by molar-refractivity contribution is 6.62. The summed E-state index contributed by atoms with van der Waals surface area (Å²) in [7, 11) is 4.70. The number of nitrogens with zero attached hydrogens (tertiary/aromatic N) is 3. The second kappa shape index (κ2) is 10.7. The summed E-state index contributed by atoms with van der Waals surface area (Å²) in [5.41, 5.74) is 11.4. The van der Waals surface area contributed by atoms with Crippen LogP contribution in [0, 0.1) is 0 Å². The second-order valence-corrected chi connectivity index (χ2v) is 7.36. The van der Waals surface area contributed by atoms with Crippen LogP contribution in [-0.2, 0) is 20.7 Å². The number of ketones is 1. The van der Waals surface area contributed by atoms with Crippen LogP contribution in [0.5, 0.6) is 17.2 Å². The molecule has 0 fully saturated rings. The van der Waals surface area contributed by atoms with Crippen molar-refractivity contribution in [2.24, 2.45) is 0 Å². The van der Waals surface area contributed by atoms with Crippen LogP contribution in [0.25, 0.3) is 5.53 Å². The van der Waals surface area contributed by atoms with E-state index in [0.29, 0.717) is 30.2 Å². The third kappa shape index (κ3) is 4.99. The fourth-order valence-electron chi connectivity index (χ4n) is 4.03. The maximum atomic E-state index is 13.0. The van der Waals surface area contributed by atoms with Crippen LogP contribution in [0.3, 0.4) is 0 Å². The summed E-state index contributed by atoms with van der Waals surface area (Å²) in [6.07, 6.45) is 0.592. The molecular formula is C24H27N3O6. The van der Waals surface area contributed by atoms with Crippen molar-refractivity contribution < 1.29 is 33.3 Å². The van der Waals surface area contributed by atoms with Gasteiger partial charge in [0.15, 0.2) is 11.5 Å². The first-order valence-corrected chi connectivity index (χ1v) is 10.5. The lowest BCUT2D eigenvalue weighted by atomic mass is 9.88. The maximum Gasteiger partial charge on any atom is 0.441 e. The van der Waals surface area contributed by atoms with Crippen LogP contribution in [0.15, 0.2) is 36.4 Å². The van der Waals surface area contributed by atoms with Gasteiger partial charge in [-0.3, -0.25) is 4.79 Å². The average molecular weight is 453 g/mol. The molecule has 2 aromatic carbocycles. The summed E-state index contributed by atoms with van der Waals surface area (Å²) in [6, 6.07) is 10.8. The average Bonchev–Trinajstić information content (AvgIpc) is 2.83. The van der Waals surface area contributed by atoms with E-state index in [1.165, 1.54) is 0 Å². The van der Waals surface area contributed by atoms with Crippen LogP contribution < -0.4 is 19.1 Å². The van der Waals surface area contributed by atoms with Crippen LogP contribution >= 0.6 is 0 Å². The molecular weight excluding hydrogens is 426 g/mol. The minimum Gasteiger partial charge on any atom is -0.497 e. The smallest absolute Gasteiger partial charge is 0.441 e. The van der Waals surface area contributed by atoms with E-state index in [0.717, 1.165) is 16.8 Å². The number of rotatable bonds is 9. The fourth-order valence-corrected chi connectivity index (χ4v) is 4.03. The summed E-state index contributed by atoms with van der Waals surface area (Å²) in [6.45, 7) is 2.28. The Morgan fingerprint density at radius 2 is 1.82 bits per heavy atom. The zero-order valence-corrected chi connectivity index (χ0v) is 19.2. The summed E-state index contributed by atoms with van der Waals surface area (Å²) in [4.78, 5) is 30.2. The number of ether oxygens (including phenoxy) is 4. The highest BCUT2D eigenvalue weighted by Crippen LogP contribution is 2.41. The molecule has 0 spiro atoms. The van der Waals surface area contributed by atoms with Gasteiger partial charge in [0, 0.05) is 24.7 Å². The number of carbonyl (C=O) groups excluding carboxylic acids is 2. The van der Waals surface area contributed by atoms with Gasteiger partial charge >= 0.3 is 11.7 Å². The van der Waals surface area contributed by atoms with Gasteiger partial charge in [0.05, 0.1) is 34.0 Å². The molecule has 1 aliphatic heterocycles. The lowest BCUT2D eigenvalue weighted by Crippen LogP contribution is -2.39. The molecule has 2 aromatic rings. The SMILES string of the molecule is CCOC(=O)C(=[N+]=[N-])C(=O)CC1c2cc(OC)c(OC)cc2CCN1c1cccc(OC)c1. The van der Waals surface area contributed by atoms with Crippen molar-refractivity contribution in [3.63, 3.8) is 0 Å². The largest absolute Gasteiger partial charge is 0.497 e. The van der Waals surface area contributed by atoms with Gasteiger partial charge in [-0.2, -0.15) is 4.79 Å². The molecule has 1 aliphatic rings. The summed E-state index contributed by atoms with van der Waals surface area (Å²) < 4.78 is 21.2.